The molecule has 0 aromatic heterocycles. The number of anilines is 2. The van der Waals surface area contributed by atoms with E-state index in [0.29, 0.717) is 5.69 Å². The maximum absolute atomic E-state index is 11.2. The van der Waals surface area contributed by atoms with E-state index in [2.05, 4.69) is 0 Å². The van der Waals surface area contributed by atoms with Gasteiger partial charge in [-0.15, -0.1) is 11.6 Å². The minimum atomic E-state index is -0.397. The van der Waals surface area contributed by atoms with E-state index in [-0.39, 0.29) is 11.6 Å². The zero-order chi connectivity index (χ0) is 15.4. The van der Waals surface area contributed by atoms with Crippen LogP contribution in [0.4, 0.5) is 17.1 Å². The van der Waals surface area contributed by atoms with Crippen LogP contribution in [0, 0.1) is 10.1 Å². The zero-order valence-electron chi connectivity index (χ0n) is 11.7. The first-order chi connectivity index (χ1) is 10.1. The Labute approximate surface area is 127 Å². The SMILES string of the molecule is COc1ccc(N(C)c2ccc(CCl)cc2[N+](=O)[O-])cc1. The third-order valence-electron chi connectivity index (χ3n) is 3.21. The lowest BCUT2D eigenvalue weighted by atomic mass is 10.1. The van der Waals surface area contributed by atoms with Gasteiger partial charge in [0.1, 0.15) is 11.4 Å². The van der Waals surface area contributed by atoms with E-state index >= 15 is 0 Å². The average molecular weight is 307 g/mol. The van der Waals surface area contributed by atoms with E-state index in [1.165, 1.54) is 6.07 Å². The Bertz CT molecular complexity index is 644. The quantitative estimate of drug-likeness (QED) is 0.474. The second-order valence-electron chi connectivity index (χ2n) is 4.47. The van der Waals surface area contributed by atoms with E-state index in [1.54, 1.807) is 31.2 Å². The Morgan fingerprint density at radius 3 is 2.43 bits per heavy atom. The van der Waals surface area contributed by atoms with Gasteiger partial charge in [0.25, 0.3) is 5.69 Å². The Hall–Kier alpha value is -2.27. The molecule has 6 heteroatoms. The Morgan fingerprint density at radius 1 is 1.24 bits per heavy atom. The fourth-order valence-corrected chi connectivity index (χ4v) is 2.19. The van der Waals surface area contributed by atoms with Crippen molar-refractivity contribution in [3.63, 3.8) is 0 Å². The van der Waals surface area contributed by atoms with Crippen molar-refractivity contribution in [2.45, 2.75) is 5.88 Å². The lowest BCUT2D eigenvalue weighted by Crippen LogP contribution is -2.11. The van der Waals surface area contributed by atoms with Crippen LogP contribution in [0.2, 0.25) is 0 Å². The number of methoxy groups -OCH3 is 1. The summed E-state index contributed by atoms with van der Waals surface area (Å²) >= 11 is 5.74. The number of halogens is 1. The van der Waals surface area contributed by atoms with Gasteiger partial charge in [-0.25, -0.2) is 0 Å². The van der Waals surface area contributed by atoms with E-state index in [0.717, 1.165) is 17.0 Å². The van der Waals surface area contributed by atoms with Crippen LogP contribution in [-0.4, -0.2) is 19.1 Å². The summed E-state index contributed by atoms with van der Waals surface area (Å²) in [6.07, 6.45) is 0. The van der Waals surface area contributed by atoms with Crippen molar-refractivity contribution in [2.24, 2.45) is 0 Å². The molecule has 0 saturated heterocycles. The van der Waals surface area contributed by atoms with Crippen LogP contribution in [0.1, 0.15) is 5.56 Å². The minimum Gasteiger partial charge on any atom is -0.497 e. The molecule has 0 atom stereocenters. The van der Waals surface area contributed by atoms with E-state index in [9.17, 15) is 10.1 Å². The van der Waals surface area contributed by atoms with Crippen molar-refractivity contribution in [3.8, 4) is 5.75 Å². The van der Waals surface area contributed by atoms with Crippen molar-refractivity contribution in [1.29, 1.82) is 0 Å². The highest BCUT2D eigenvalue weighted by Crippen LogP contribution is 2.34. The Balaban J connectivity index is 2.41. The normalized spacial score (nSPS) is 10.2. The van der Waals surface area contributed by atoms with Crippen molar-refractivity contribution in [2.75, 3.05) is 19.1 Å². The molecule has 2 rings (SSSR count). The van der Waals surface area contributed by atoms with Crippen molar-refractivity contribution < 1.29 is 9.66 Å². The second-order valence-corrected chi connectivity index (χ2v) is 4.74. The number of nitrogens with zero attached hydrogens (tertiary/aromatic N) is 2. The number of nitro benzene ring substituents is 1. The molecule has 0 fully saturated rings. The van der Waals surface area contributed by atoms with Crippen molar-refractivity contribution in [3.05, 3.63) is 58.1 Å². The molecule has 0 heterocycles. The van der Waals surface area contributed by atoms with Gasteiger partial charge in [-0.3, -0.25) is 10.1 Å². The summed E-state index contributed by atoms with van der Waals surface area (Å²) in [7, 11) is 3.37. The molecule has 0 amide bonds. The summed E-state index contributed by atoms with van der Waals surface area (Å²) in [6.45, 7) is 0. The Kier molecular flexibility index (Phi) is 4.65. The maximum atomic E-state index is 11.2. The first kappa shape index (κ1) is 15.1. The number of nitro groups is 1. The third kappa shape index (κ3) is 3.25. The summed E-state index contributed by atoms with van der Waals surface area (Å²) in [5.41, 5.74) is 2.10. The summed E-state index contributed by atoms with van der Waals surface area (Å²) in [5, 5.41) is 11.2. The number of alkyl halides is 1. The largest absolute Gasteiger partial charge is 0.497 e. The van der Waals surface area contributed by atoms with Crippen LogP contribution in [0.3, 0.4) is 0 Å². The van der Waals surface area contributed by atoms with Crippen molar-refractivity contribution >= 4 is 28.7 Å². The standard InChI is InChI=1S/C15H15ClN2O3/c1-17(12-4-6-13(21-2)7-5-12)14-8-3-11(10-16)9-15(14)18(19)20/h3-9H,10H2,1-2H3. The van der Waals surface area contributed by atoms with Gasteiger partial charge in [0.2, 0.25) is 0 Å². The zero-order valence-corrected chi connectivity index (χ0v) is 12.5. The third-order valence-corrected chi connectivity index (χ3v) is 3.52. The lowest BCUT2D eigenvalue weighted by molar-refractivity contribution is -0.384. The minimum absolute atomic E-state index is 0.0338. The number of rotatable bonds is 5. The lowest BCUT2D eigenvalue weighted by Gasteiger charge is -2.20. The number of benzene rings is 2. The molecule has 0 unspecified atom stereocenters. The number of hydrogen-bond acceptors (Lipinski definition) is 4. The maximum Gasteiger partial charge on any atom is 0.293 e. The van der Waals surface area contributed by atoms with Gasteiger partial charge >= 0.3 is 0 Å². The summed E-state index contributed by atoms with van der Waals surface area (Å²) in [4.78, 5) is 12.6. The summed E-state index contributed by atoms with van der Waals surface area (Å²) in [6, 6.07) is 12.3. The fraction of sp³-hybridized carbons (Fsp3) is 0.200. The van der Waals surface area contributed by atoms with Gasteiger partial charge in [-0.2, -0.15) is 0 Å². The van der Waals surface area contributed by atoms with E-state index in [4.69, 9.17) is 16.3 Å². The molecule has 2 aromatic carbocycles. The highest BCUT2D eigenvalue weighted by molar-refractivity contribution is 6.17. The first-order valence-electron chi connectivity index (χ1n) is 6.28. The number of hydrogen-bond donors (Lipinski definition) is 0. The second kappa shape index (κ2) is 6.45. The van der Waals surface area contributed by atoms with Gasteiger partial charge in [0.05, 0.1) is 12.0 Å². The van der Waals surface area contributed by atoms with Crippen LogP contribution in [0.15, 0.2) is 42.5 Å². The summed E-state index contributed by atoms with van der Waals surface area (Å²) < 4.78 is 5.11. The highest BCUT2D eigenvalue weighted by Gasteiger charge is 2.18. The highest BCUT2D eigenvalue weighted by atomic mass is 35.5. The molecule has 21 heavy (non-hydrogen) atoms. The molecule has 0 radical (unpaired) electrons. The molecule has 110 valence electrons. The van der Waals surface area contributed by atoms with Crippen LogP contribution < -0.4 is 9.64 Å². The molecule has 0 saturated carbocycles. The molecule has 0 N–H and O–H groups in total. The van der Waals surface area contributed by atoms with Crippen LogP contribution in [0.5, 0.6) is 5.75 Å². The molecular formula is C15H15ClN2O3. The average Bonchev–Trinajstić information content (AvgIpc) is 2.53. The molecule has 5 nitrogen and oxygen atoms in total. The molecule has 2 aromatic rings. The molecule has 0 aliphatic heterocycles. The van der Waals surface area contributed by atoms with Crippen LogP contribution in [-0.2, 0) is 5.88 Å². The summed E-state index contributed by atoms with van der Waals surface area (Å²) in [5.74, 6) is 0.979. The fourth-order valence-electron chi connectivity index (χ4n) is 2.03. The molecule has 0 aliphatic rings. The van der Waals surface area contributed by atoms with Gasteiger partial charge in [0.15, 0.2) is 0 Å². The van der Waals surface area contributed by atoms with Crippen molar-refractivity contribution in [1.82, 2.24) is 0 Å². The topological polar surface area (TPSA) is 55.6 Å². The van der Waals surface area contributed by atoms with E-state index < -0.39 is 4.92 Å². The number of ether oxygens (including phenoxy) is 1. The van der Waals surface area contributed by atoms with Gasteiger partial charge in [0, 0.05) is 24.7 Å². The van der Waals surface area contributed by atoms with E-state index in [1.807, 2.05) is 24.3 Å². The first-order valence-corrected chi connectivity index (χ1v) is 6.81. The predicted octanol–water partition coefficient (Wildman–Crippen LogP) is 4.11. The molecule has 0 spiro atoms. The van der Waals surface area contributed by atoms with Gasteiger partial charge < -0.3 is 9.64 Å². The van der Waals surface area contributed by atoms with Crippen LogP contribution in [0.25, 0.3) is 0 Å². The monoisotopic (exact) mass is 306 g/mol. The van der Waals surface area contributed by atoms with Gasteiger partial charge in [-0.1, -0.05) is 6.07 Å². The molecule has 0 aliphatic carbocycles. The Morgan fingerprint density at radius 2 is 1.90 bits per heavy atom. The van der Waals surface area contributed by atoms with Crippen LogP contribution >= 0.6 is 11.6 Å². The molecular weight excluding hydrogens is 292 g/mol. The van der Waals surface area contributed by atoms with Gasteiger partial charge in [-0.05, 0) is 35.9 Å². The molecule has 0 bridgehead atoms. The predicted molar refractivity (Wildman–Crippen MR) is 83.7 cm³/mol. The smallest absolute Gasteiger partial charge is 0.293 e.